The van der Waals surface area contributed by atoms with Crippen molar-refractivity contribution in [2.75, 3.05) is 0 Å². The number of hydrogen-bond donors (Lipinski definition) is 0. The van der Waals surface area contributed by atoms with Crippen molar-refractivity contribution in [3.05, 3.63) is 170 Å². The Balaban J connectivity index is 1.27. The van der Waals surface area contributed by atoms with Gasteiger partial charge in [-0.15, -0.1) is 0 Å². The van der Waals surface area contributed by atoms with Crippen LogP contribution in [0.3, 0.4) is 0 Å². The minimum atomic E-state index is 0.617. The van der Waals surface area contributed by atoms with Crippen LogP contribution in [0.1, 0.15) is 0 Å². The van der Waals surface area contributed by atoms with Gasteiger partial charge in [0.1, 0.15) is 11.2 Å². The van der Waals surface area contributed by atoms with Gasteiger partial charge in [-0.1, -0.05) is 127 Å². The van der Waals surface area contributed by atoms with E-state index in [1.807, 2.05) is 72.8 Å². The number of para-hydroxylation sites is 2. The topological polar surface area (TPSA) is 56.7 Å². The monoisotopic (exact) mass is 640 g/mol. The van der Waals surface area contributed by atoms with E-state index >= 15 is 0 Å². The Hall–Kier alpha value is -6.85. The number of furan rings is 1. The third-order valence-corrected chi connectivity index (χ3v) is 9.45. The zero-order valence-electron chi connectivity index (χ0n) is 26.9. The first-order valence-electron chi connectivity index (χ1n) is 16.7. The molecule has 0 aliphatic rings. The molecule has 0 N–H and O–H groups in total. The highest BCUT2D eigenvalue weighted by molar-refractivity contribution is 6.24. The van der Waals surface area contributed by atoms with Gasteiger partial charge < -0.3 is 8.98 Å². The zero-order valence-corrected chi connectivity index (χ0v) is 26.9. The molecule has 0 bridgehead atoms. The van der Waals surface area contributed by atoms with Crippen molar-refractivity contribution in [2.45, 2.75) is 0 Å². The average molecular weight is 641 g/mol. The van der Waals surface area contributed by atoms with E-state index in [0.29, 0.717) is 17.5 Å². The highest BCUT2D eigenvalue weighted by Crippen LogP contribution is 2.43. The molecule has 0 spiro atoms. The van der Waals surface area contributed by atoms with Gasteiger partial charge in [0.05, 0.1) is 22.1 Å². The van der Waals surface area contributed by atoms with E-state index in [2.05, 4.69) is 102 Å². The van der Waals surface area contributed by atoms with Crippen LogP contribution in [-0.2, 0) is 0 Å². The molecule has 10 aromatic rings. The molecule has 0 atom stereocenters. The van der Waals surface area contributed by atoms with Gasteiger partial charge in [-0.25, -0.2) is 15.0 Å². The number of hydrogen-bond acceptors (Lipinski definition) is 4. The Morgan fingerprint density at radius 3 is 1.64 bits per heavy atom. The lowest BCUT2D eigenvalue weighted by Gasteiger charge is -2.16. The Kier molecular flexibility index (Phi) is 6.42. The van der Waals surface area contributed by atoms with Crippen molar-refractivity contribution in [3.63, 3.8) is 0 Å². The predicted octanol–water partition coefficient (Wildman–Crippen LogP) is 11.5. The molecule has 0 fully saturated rings. The smallest absolute Gasteiger partial charge is 0.164 e. The van der Waals surface area contributed by atoms with Gasteiger partial charge >= 0.3 is 0 Å². The summed E-state index contributed by atoms with van der Waals surface area (Å²) < 4.78 is 8.80. The van der Waals surface area contributed by atoms with Crippen LogP contribution in [0, 0.1) is 0 Å². The van der Waals surface area contributed by atoms with Crippen molar-refractivity contribution in [1.29, 1.82) is 0 Å². The normalized spacial score (nSPS) is 11.6. The number of aromatic nitrogens is 4. The molecule has 7 aromatic carbocycles. The van der Waals surface area contributed by atoms with Crippen LogP contribution in [0.2, 0.25) is 0 Å². The summed E-state index contributed by atoms with van der Waals surface area (Å²) in [4.78, 5) is 15.0. The summed E-state index contributed by atoms with van der Waals surface area (Å²) in [5.41, 5.74) is 10.0. The van der Waals surface area contributed by atoms with E-state index in [1.54, 1.807) is 0 Å². The molecule has 0 aliphatic heterocycles. The Bertz CT molecular complexity index is 2800. The maximum Gasteiger partial charge on any atom is 0.164 e. The van der Waals surface area contributed by atoms with E-state index in [-0.39, 0.29) is 0 Å². The summed E-state index contributed by atoms with van der Waals surface area (Å²) in [6.45, 7) is 0. The highest BCUT2D eigenvalue weighted by Gasteiger charge is 2.22. The summed E-state index contributed by atoms with van der Waals surface area (Å²) >= 11 is 0. The lowest BCUT2D eigenvalue weighted by atomic mass is 9.99. The maximum absolute atomic E-state index is 6.40. The molecule has 0 radical (unpaired) electrons. The molecule has 10 rings (SSSR count). The van der Waals surface area contributed by atoms with Gasteiger partial charge in [0.15, 0.2) is 17.5 Å². The van der Waals surface area contributed by atoms with Crippen LogP contribution in [0.15, 0.2) is 174 Å². The molecule has 0 aliphatic carbocycles. The number of rotatable bonds is 5. The second-order valence-corrected chi connectivity index (χ2v) is 12.4. The number of benzene rings is 7. The SMILES string of the molecule is c1ccc(-c2nc(-c3ccccc3)nc(-c3ccc(-n4c5ccccc5c5ccc6oc7ccccc7c6c54)c(-c4ccccc4)c3)n2)cc1. The number of fused-ring (bicyclic) bond motifs is 7. The van der Waals surface area contributed by atoms with Crippen LogP contribution in [0.25, 0.3) is 94.7 Å². The number of nitrogens with zero attached hydrogens (tertiary/aromatic N) is 4. The molecule has 5 nitrogen and oxygen atoms in total. The molecule has 234 valence electrons. The minimum absolute atomic E-state index is 0.617. The van der Waals surface area contributed by atoms with Crippen LogP contribution in [0.5, 0.6) is 0 Å². The molecule has 5 heteroatoms. The third kappa shape index (κ3) is 4.52. The van der Waals surface area contributed by atoms with Gasteiger partial charge in [0.25, 0.3) is 0 Å². The van der Waals surface area contributed by atoms with Crippen LogP contribution in [0.4, 0.5) is 0 Å². The first-order chi connectivity index (χ1) is 24.8. The lowest BCUT2D eigenvalue weighted by molar-refractivity contribution is 0.669. The molecule has 3 heterocycles. The van der Waals surface area contributed by atoms with Crippen LogP contribution >= 0.6 is 0 Å². The summed E-state index contributed by atoms with van der Waals surface area (Å²) in [7, 11) is 0. The molecular formula is C45H28N4O. The van der Waals surface area contributed by atoms with Gasteiger partial charge in [0, 0.05) is 38.4 Å². The maximum atomic E-state index is 6.40. The fraction of sp³-hybridized carbons (Fsp3) is 0. The Labute approximate surface area is 287 Å². The average Bonchev–Trinajstić information content (AvgIpc) is 3.74. The van der Waals surface area contributed by atoms with E-state index in [0.717, 1.165) is 66.5 Å². The molecule has 0 saturated heterocycles. The lowest BCUT2D eigenvalue weighted by Crippen LogP contribution is -2.02. The highest BCUT2D eigenvalue weighted by atomic mass is 16.3. The van der Waals surface area contributed by atoms with Gasteiger partial charge in [-0.05, 0) is 48.0 Å². The van der Waals surface area contributed by atoms with E-state index < -0.39 is 0 Å². The molecule has 0 saturated carbocycles. The first-order valence-corrected chi connectivity index (χ1v) is 16.7. The van der Waals surface area contributed by atoms with Crippen molar-refractivity contribution in [2.24, 2.45) is 0 Å². The first kappa shape index (κ1) is 28.2. The Morgan fingerprint density at radius 1 is 0.400 bits per heavy atom. The summed E-state index contributed by atoms with van der Waals surface area (Å²) in [5.74, 6) is 1.89. The van der Waals surface area contributed by atoms with Gasteiger partial charge in [-0.3, -0.25) is 0 Å². The standard InChI is InChI=1S/C45H28N4O/c1-4-14-29(15-5-1)36-28-32(45-47-43(30-16-6-2-7-17-30)46-44(48-45)31-18-8-3-9-19-31)24-26-38(36)49-37-22-12-10-20-33(37)34-25-27-40-41(42(34)49)35-21-11-13-23-39(35)50-40/h1-28H. The van der Waals surface area contributed by atoms with Crippen molar-refractivity contribution < 1.29 is 4.42 Å². The fourth-order valence-electron chi connectivity index (χ4n) is 7.17. The van der Waals surface area contributed by atoms with Gasteiger partial charge in [-0.2, -0.15) is 0 Å². The molecule has 0 amide bonds. The van der Waals surface area contributed by atoms with E-state index in [4.69, 9.17) is 19.4 Å². The minimum Gasteiger partial charge on any atom is -0.456 e. The van der Waals surface area contributed by atoms with Crippen LogP contribution in [-0.4, -0.2) is 19.5 Å². The van der Waals surface area contributed by atoms with Crippen LogP contribution < -0.4 is 0 Å². The second kappa shape index (κ2) is 11.4. The van der Waals surface area contributed by atoms with Crippen molar-refractivity contribution in [3.8, 4) is 51.0 Å². The second-order valence-electron chi connectivity index (χ2n) is 12.4. The quantitative estimate of drug-likeness (QED) is 0.188. The predicted molar refractivity (Wildman–Crippen MR) is 203 cm³/mol. The molecule has 0 unspecified atom stereocenters. The fourth-order valence-corrected chi connectivity index (χ4v) is 7.17. The molecule has 3 aromatic heterocycles. The summed E-state index contributed by atoms with van der Waals surface area (Å²) in [5, 5.41) is 4.58. The molecular weight excluding hydrogens is 613 g/mol. The summed E-state index contributed by atoms with van der Waals surface area (Å²) in [6.07, 6.45) is 0. The largest absolute Gasteiger partial charge is 0.456 e. The molecule has 50 heavy (non-hydrogen) atoms. The van der Waals surface area contributed by atoms with E-state index in [9.17, 15) is 0 Å². The van der Waals surface area contributed by atoms with Crippen molar-refractivity contribution >= 4 is 43.7 Å². The third-order valence-electron chi connectivity index (χ3n) is 9.45. The van der Waals surface area contributed by atoms with E-state index in [1.165, 1.54) is 10.8 Å². The Morgan fingerprint density at radius 2 is 0.960 bits per heavy atom. The summed E-state index contributed by atoms with van der Waals surface area (Å²) in [6, 6.07) is 58.5. The zero-order chi connectivity index (χ0) is 33.0. The van der Waals surface area contributed by atoms with Crippen molar-refractivity contribution in [1.82, 2.24) is 19.5 Å². The van der Waals surface area contributed by atoms with Gasteiger partial charge in [0.2, 0.25) is 0 Å².